The average molecular weight is 317 g/mol. The number of methoxy groups -OCH3 is 1. The molecule has 0 aliphatic carbocycles. The van der Waals surface area contributed by atoms with Gasteiger partial charge in [0.2, 0.25) is 0 Å². The van der Waals surface area contributed by atoms with Gasteiger partial charge in [-0.3, -0.25) is 4.79 Å². The van der Waals surface area contributed by atoms with E-state index in [1.54, 1.807) is 27.7 Å². The smallest absolute Gasteiger partial charge is 0.405 e. The van der Waals surface area contributed by atoms with Gasteiger partial charge in [0.1, 0.15) is 6.04 Å². The Bertz CT molecular complexity index is 353. The monoisotopic (exact) mass is 317 g/mol. The van der Waals surface area contributed by atoms with Gasteiger partial charge in [-0.1, -0.05) is 13.3 Å². The number of rotatable bonds is 6. The molecule has 0 aromatic carbocycles. The van der Waals surface area contributed by atoms with Crippen LogP contribution in [0.3, 0.4) is 0 Å². The molecule has 0 aliphatic heterocycles. The van der Waals surface area contributed by atoms with Crippen molar-refractivity contribution in [1.82, 2.24) is 4.72 Å². The van der Waals surface area contributed by atoms with Crippen molar-refractivity contribution in [2.45, 2.75) is 57.5 Å². The van der Waals surface area contributed by atoms with Gasteiger partial charge in [0.15, 0.2) is 0 Å². The Morgan fingerprint density at radius 3 is 2.10 bits per heavy atom. The van der Waals surface area contributed by atoms with Crippen LogP contribution in [0.15, 0.2) is 0 Å². The predicted molar refractivity (Wildman–Crippen MR) is 71.3 cm³/mol. The Balaban J connectivity index is 5.32. The Morgan fingerprint density at radius 1 is 1.30 bits per heavy atom. The summed E-state index contributed by atoms with van der Waals surface area (Å²) in [5.41, 5.74) is 0. The van der Waals surface area contributed by atoms with E-state index in [9.17, 15) is 22.2 Å². The van der Waals surface area contributed by atoms with Gasteiger partial charge in [-0.25, -0.2) is 8.93 Å². The van der Waals surface area contributed by atoms with E-state index in [0.29, 0.717) is 6.42 Å². The molecule has 3 atom stereocenters. The van der Waals surface area contributed by atoms with E-state index in [1.807, 2.05) is 4.72 Å². The Morgan fingerprint density at radius 2 is 1.80 bits per heavy atom. The quantitative estimate of drug-likeness (QED) is 0.766. The lowest BCUT2D eigenvalue weighted by Gasteiger charge is -2.30. The lowest BCUT2D eigenvalue weighted by Crippen LogP contribution is -2.53. The molecule has 0 heterocycles. The van der Waals surface area contributed by atoms with Crippen molar-refractivity contribution < 1.29 is 26.9 Å². The first-order valence-corrected chi connectivity index (χ1v) is 7.42. The van der Waals surface area contributed by atoms with Gasteiger partial charge in [-0.2, -0.15) is 13.2 Å². The molecular formula is C12H22F3NO3S. The van der Waals surface area contributed by atoms with E-state index >= 15 is 0 Å². The third kappa shape index (κ3) is 5.78. The fourth-order valence-electron chi connectivity index (χ4n) is 1.55. The summed E-state index contributed by atoms with van der Waals surface area (Å²) < 4.78 is 56.9. The zero-order valence-electron chi connectivity index (χ0n) is 12.3. The second-order valence-corrected chi connectivity index (χ2v) is 7.43. The number of alkyl halides is 3. The van der Waals surface area contributed by atoms with Crippen LogP contribution in [0.5, 0.6) is 0 Å². The molecule has 4 nitrogen and oxygen atoms in total. The SMILES string of the molecule is CCC[C@H](C(=O)OC)[C@H](N[S@@](=O)C(C)(C)C)C(F)(F)F. The number of ether oxygens (including phenoxy) is 1. The molecule has 0 radical (unpaired) electrons. The van der Waals surface area contributed by atoms with Gasteiger partial charge in [-0.15, -0.1) is 0 Å². The molecule has 0 aliphatic rings. The number of hydrogen-bond acceptors (Lipinski definition) is 3. The average Bonchev–Trinajstić information content (AvgIpc) is 2.29. The minimum Gasteiger partial charge on any atom is -0.469 e. The third-order valence-electron chi connectivity index (χ3n) is 2.65. The van der Waals surface area contributed by atoms with Crippen LogP contribution in [0.2, 0.25) is 0 Å². The molecule has 0 spiro atoms. The normalized spacial score (nSPS) is 17.4. The van der Waals surface area contributed by atoms with E-state index in [1.165, 1.54) is 0 Å². The molecule has 8 heteroatoms. The maximum absolute atomic E-state index is 13.1. The number of carbonyl (C=O) groups is 1. The number of esters is 1. The summed E-state index contributed by atoms with van der Waals surface area (Å²) in [5, 5.41) is 0. The van der Waals surface area contributed by atoms with Crippen LogP contribution in [-0.2, 0) is 20.5 Å². The summed E-state index contributed by atoms with van der Waals surface area (Å²) >= 11 is 0. The van der Waals surface area contributed by atoms with Crippen LogP contribution in [0, 0.1) is 5.92 Å². The van der Waals surface area contributed by atoms with E-state index in [0.717, 1.165) is 7.11 Å². The number of carbonyl (C=O) groups excluding carboxylic acids is 1. The molecule has 120 valence electrons. The summed E-state index contributed by atoms with van der Waals surface area (Å²) in [5.74, 6) is -2.36. The highest BCUT2D eigenvalue weighted by Gasteiger charge is 2.49. The minimum absolute atomic E-state index is 0.00515. The largest absolute Gasteiger partial charge is 0.469 e. The van der Waals surface area contributed by atoms with Crippen molar-refractivity contribution in [3.63, 3.8) is 0 Å². The highest BCUT2D eigenvalue weighted by Crippen LogP contribution is 2.30. The molecule has 0 saturated heterocycles. The topological polar surface area (TPSA) is 55.4 Å². The number of nitrogens with one attached hydrogen (secondary N) is 1. The van der Waals surface area contributed by atoms with Crippen molar-refractivity contribution in [1.29, 1.82) is 0 Å². The predicted octanol–water partition coefficient (Wildman–Crippen LogP) is 2.56. The van der Waals surface area contributed by atoms with Crippen LogP contribution in [-0.4, -0.2) is 34.3 Å². The molecule has 0 aromatic heterocycles. The highest BCUT2D eigenvalue weighted by atomic mass is 32.2. The van der Waals surface area contributed by atoms with Crippen molar-refractivity contribution in [3.05, 3.63) is 0 Å². The van der Waals surface area contributed by atoms with Crippen molar-refractivity contribution in [3.8, 4) is 0 Å². The Hall–Kier alpha value is -0.630. The van der Waals surface area contributed by atoms with E-state index in [2.05, 4.69) is 4.74 Å². The van der Waals surface area contributed by atoms with Crippen LogP contribution in [0.4, 0.5) is 13.2 Å². The van der Waals surface area contributed by atoms with Crippen molar-refractivity contribution in [2.24, 2.45) is 5.92 Å². The van der Waals surface area contributed by atoms with Gasteiger partial charge in [0.05, 0.1) is 28.8 Å². The fourth-order valence-corrected chi connectivity index (χ4v) is 2.43. The molecule has 0 rings (SSSR count). The number of halogens is 3. The van der Waals surface area contributed by atoms with Gasteiger partial charge in [0, 0.05) is 0 Å². The fraction of sp³-hybridized carbons (Fsp3) is 0.917. The van der Waals surface area contributed by atoms with Gasteiger partial charge >= 0.3 is 12.1 Å². The van der Waals surface area contributed by atoms with E-state index < -0.39 is 39.8 Å². The minimum atomic E-state index is -4.69. The molecule has 20 heavy (non-hydrogen) atoms. The molecular weight excluding hydrogens is 295 g/mol. The van der Waals surface area contributed by atoms with Crippen molar-refractivity contribution in [2.75, 3.05) is 7.11 Å². The molecule has 0 saturated carbocycles. The first kappa shape index (κ1) is 19.4. The maximum atomic E-state index is 13.1. The van der Waals surface area contributed by atoms with Crippen LogP contribution in [0.1, 0.15) is 40.5 Å². The Kier molecular flexibility index (Phi) is 7.17. The maximum Gasteiger partial charge on any atom is 0.405 e. The van der Waals surface area contributed by atoms with Gasteiger partial charge < -0.3 is 4.74 Å². The second kappa shape index (κ2) is 7.40. The first-order valence-electron chi connectivity index (χ1n) is 6.27. The highest BCUT2D eigenvalue weighted by molar-refractivity contribution is 7.84. The summed E-state index contributed by atoms with van der Waals surface area (Å²) in [4.78, 5) is 11.6. The zero-order valence-corrected chi connectivity index (χ0v) is 13.2. The third-order valence-corrected chi connectivity index (χ3v) is 4.23. The molecule has 0 aromatic rings. The van der Waals surface area contributed by atoms with Gasteiger partial charge in [0.25, 0.3) is 0 Å². The number of hydrogen-bond donors (Lipinski definition) is 1. The standard InChI is InChI=1S/C12H22F3NO3S/c1-6-7-8(10(17)19-5)9(12(13,14)15)16-20(18)11(2,3)4/h8-9,16H,6-7H2,1-5H3/t8-,9-,20-/m0/s1. The molecule has 0 unspecified atom stereocenters. The second-order valence-electron chi connectivity index (χ2n) is 5.44. The summed E-state index contributed by atoms with van der Waals surface area (Å²) in [7, 11) is -0.894. The Labute approximate surface area is 120 Å². The van der Waals surface area contributed by atoms with Crippen LogP contribution in [0.25, 0.3) is 0 Å². The lowest BCUT2D eigenvalue weighted by molar-refractivity contribution is -0.177. The zero-order chi connectivity index (χ0) is 16.1. The first-order chi connectivity index (χ1) is 8.95. The van der Waals surface area contributed by atoms with Crippen molar-refractivity contribution >= 4 is 17.0 Å². The molecule has 0 amide bonds. The van der Waals surface area contributed by atoms with E-state index in [-0.39, 0.29) is 6.42 Å². The lowest BCUT2D eigenvalue weighted by atomic mass is 9.95. The summed E-state index contributed by atoms with van der Waals surface area (Å²) in [6.07, 6.45) is -4.30. The van der Waals surface area contributed by atoms with E-state index in [4.69, 9.17) is 0 Å². The summed E-state index contributed by atoms with van der Waals surface area (Å²) in [6.45, 7) is 6.33. The van der Waals surface area contributed by atoms with Crippen LogP contribution < -0.4 is 4.72 Å². The molecule has 0 fully saturated rings. The molecule has 0 bridgehead atoms. The molecule has 1 N–H and O–H groups in total. The van der Waals surface area contributed by atoms with Crippen LogP contribution >= 0.6 is 0 Å². The van der Waals surface area contributed by atoms with Gasteiger partial charge in [-0.05, 0) is 27.2 Å². The summed E-state index contributed by atoms with van der Waals surface area (Å²) in [6, 6.07) is -2.19.